The molecule has 0 aliphatic heterocycles. The number of rotatable bonds is 7. The molecule has 0 radical (unpaired) electrons. The fourth-order valence-corrected chi connectivity index (χ4v) is 1.82. The van der Waals surface area contributed by atoms with E-state index in [0.29, 0.717) is 6.42 Å². The number of ketones is 1. The largest absolute Gasteiger partial charge is 0.550 e. The van der Waals surface area contributed by atoms with Crippen molar-refractivity contribution in [3.8, 4) is 0 Å². The Morgan fingerprint density at radius 2 is 1.64 bits per heavy atom. The smallest absolute Gasteiger partial charge is 0.163 e. The van der Waals surface area contributed by atoms with Gasteiger partial charge in [0.2, 0.25) is 0 Å². The number of Topliss-reactive ketones (excluding diaryl/α,β-unsaturated/α-hetero) is 1. The maximum atomic E-state index is 11.8. The van der Waals surface area contributed by atoms with Crippen LogP contribution in [0.15, 0.2) is 30.3 Å². The van der Waals surface area contributed by atoms with Crippen LogP contribution in [0.1, 0.15) is 30.1 Å². The molecule has 1 N–H and O–H groups in total. The van der Waals surface area contributed by atoms with E-state index in [1.807, 2.05) is 30.3 Å². The maximum absolute atomic E-state index is 11.8. The highest BCUT2D eigenvalue weighted by molar-refractivity contribution is 8.93. The van der Waals surface area contributed by atoms with Crippen LogP contribution in [0.5, 0.6) is 0 Å². The molecule has 5 nitrogen and oxygen atoms in total. The number of carbonyl (C=O) groups excluding carboxylic acids is 2. The van der Waals surface area contributed by atoms with Gasteiger partial charge in [-0.05, 0) is 6.92 Å². The molecular weight excluding hydrogens is 350 g/mol. The second-order valence-corrected chi connectivity index (χ2v) is 5.49. The lowest BCUT2D eigenvalue weighted by Gasteiger charge is -2.28. The molecule has 0 spiro atoms. The van der Waals surface area contributed by atoms with E-state index in [1.165, 1.54) is 0 Å². The molecule has 0 amide bonds. The van der Waals surface area contributed by atoms with E-state index in [9.17, 15) is 4.79 Å². The topological polar surface area (TPSA) is 77.4 Å². The highest BCUT2D eigenvalue weighted by Crippen LogP contribution is 2.07. The third-order valence-electron chi connectivity index (χ3n) is 2.97. The van der Waals surface area contributed by atoms with Gasteiger partial charge in [-0.15, -0.1) is 17.0 Å². The molecule has 0 atom stereocenters. The van der Waals surface area contributed by atoms with Gasteiger partial charge in [-0.25, -0.2) is 0 Å². The fourth-order valence-electron chi connectivity index (χ4n) is 1.82. The van der Waals surface area contributed by atoms with E-state index < -0.39 is 5.97 Å². The van der Waals surface area contributed by atoms with Gasteiger partial charge in [0, 0.05) is 24.4 Å². The van der Waals surface area contributed by atoms with Gasteiger partial charge < -0.3 is 19.5 Å². The van der Waals surface area contributed by atoms with Crippen molar-refractivity contribution in [2.24, 2.45) is 0 Å². The van der Waals surface area contributed by atoms with E-state index in [0.717, 1.165) is 36.5 Å². The van der Waals surface area contributed by atoms with Gasteiger partial charge in [0.05, 0.1) is 27.2 Å². The number of nitrogens with zero attached hydrogens (tertiary/aromatic N) is 1. The van der Waals surface area contributed by atoms with Gasteiger partial charge in [0.1, 0.15) is 6.54 Å². The molecule has 0 bridgehead atoms. The number of halogens is 1. The molecule has 0 saturated carbocycles. The molecule has 126 valence electrons. The first-order valence-electron chi connectivity index (χ1n) is 6.97. The van der Waals surface area contributed by atoms with Crippen molar-refractivity contribution >= 4 is 28.7 Å². The van der Waals surface area contributed by atoms with Crippen LogP contribution in [-0.4, -0.2) is 55.1 Å². The summed E-state index contributed by atoms with van der Waals surface area (Å²) < 4.78 is 0.762. The summed E-state index contributed by atoms with van der Waals surface area (Å²) in [5.41, 5.74) is 0.792. The molecule has 0 aliphatic rings. The second-order valence-electron chi connectivity index (χ2n) is 5.49. The van der Waals surface area contributed by atoms with E-state index >= 15 is 0 Å². The first-order chi connectivity index (χ1) is 9.78. The monoisotopic (exact) mass is 375 g/mol. The Bertz CT molecular complexity index is 431. The van der Waals surface area contributed by atoms with Crippen LogP contribution in [0.2, 0.25) is 0 Å². The molecule has 0 fully saturated rings. The lowest BCUT2D eigenvalue weighted by molar-refractivity contribution is -0.890. The number of benzene rings is 1. The minimum atomic E-state index is -1.08. The van der Waals surface area contributed by atoms with Crippen LogP contribution >= 0.6 is 17.0 Å². The molecule has 1 aromatic carbocycles. The summed E-state index contributed by atoms with van der Waals surface area (Å²) in [5, 5.41) is 17.8. The Hall–Kier alpha value is -1.24. The highest BCUT2D eigenvalue weighted by atomic mass is 79.9. The lowest BCUT2D eigenvalue weighted by atomic mass is 10.1. The Morgan fingerprint density at radius 3 is 2.09 bits per heavy atom. The number of quaternary nitrogens is 1. The molecule has 1 aromatic rings. The molecule has 0 unspecified atom stereocenters. The normalized spacial score (nSPS) is 10.0. The first kappa shape index (κ1) is 23.0. The van der Waals surface area contributed by atoms with Gasteiger partial charge in [-0.1, -0.05) is 30.3 Å². The van der Waals surface area contributed by atoms with Crippen molar-refractivity contribution in [2.75, 3.05) is 33.8 Å². The summed E-state index contributed by atoms with van der Waals surface area (Å²) in [6.45, 7) is 2.82. The zero-order valence-electron chi connectivity index (χ0n) is 13.4. The number of likely N-dealkylation sites (N-methyl/N-ethyl adjacent to an activating group) is 1. The number of carbonyl (C=O) groups is 2. The van der Waals surface area contributed by atoms with E-state index in [2.05, 4.69) is 14.1 Å². The number of carboxylic acid groups (broad SMARTS) is 1. The van der Waals surface area contributed by atoms with Crippen LogP contribution in [0.4, 0.5) is 0 Å². The summed E-state index contributed by atoms with van der Waals surface area (Å²) in [7, 11) is 4.15. The summed E-state index contributed by atoms with van der Waals surface area (Å²) in [5.74, 6) is -0.880. The summed E-state index contributed by atoms with van der Waals surface area (Å²) >= 11 is 0. The highest BCUT2D eigenvalue weighted by Gasteiger charge is 2.14. The van der Waals surface area contributed by atoms with Crippen molar-refractivity contribution in [3.05, 3.63) is 35.9 Å². The summed E-state index contributed by atoms with van der Waals surface area (Å²) in [6, 6.07) is 9.40. The Morgan fingerprint density at radius 1 is 1.14 bits per heavy atom. The number of aliphatic hydroxyl groups excluding tert-OH is 1. The standard InChI is InChI=1S/C14H22NO2.C2H4O2.BrH/c1-15(2,11-12-16)10-6-9-14(17)13-7-4-3-5-8-13;1-2(3)4;/h3-5,7-8,16H,6,9-12H2,1-2H3;1H3,(H,3,4);1H/q+1;;/p-1. The van der Waals surface area contributed by atoms with Crippen LogP contribution < -0.4 is 5.11 Å². The van der Waals surface area contributed by atoms with Gasteiger partial charge in [0.15, 0.2) is 5.78 Å². The summed E-state index contributed by atoms with van der Waals surface area (Å²) in [6.07, 6.45) is 1.44. The van der Waals surface area contributed by atoms with Crippen LogP contribution in [0, 0.1) is 0 Å². The SMILES string of the molecule is Br.CC(=O)[O-].C[N+](C)(CCO)CCCC(=O)c1ccccc1. The third kappa shape index (κ3) is 12.5. The molecule has 0 aliphatic carbocycles. The zero-order valence-corrected chi connectivity index (χ0v) is 15.2. The van der Waals surface area contributed by atoms with Crippen LogP contribution in [0.3, 0.4) is 0 Å². The summed E-state index contributed by atoms with van der Waals surface area (Å²) in [4.78, 5) is 20.7. The molecule has 0 heterocycles. The quantitative estimate of drug-likeness (QED) is 0.570. The first-order valence-corrected chi connectivity index (χ1v) is 6.97. The average molecular weight is 376 g/mol. The number of aliphatic hydroxyl groups is 1. The van der Waals surface area contributed by atoms with Gasteiger partial charge in [0.25, 0.3) is 0 Å². The number of carboxylic acids is 1. The predicted molar refractivity (Wildman–Crippen MR) is 89.9 cm³/mol. The van der Waals surface area contributed by atoms with E-state index in [-0.39, 0.29) is 29.4 Å². The van der Waals surface area contributed by atoms with Gasteiger partial charge >= 0.3 is 0 Å². The fraction of sp³-hybridized carbons (Fsp3) is 0.500. The van der Waals surface area contributed by atoms with Crippen molar-refractivity contribution in [3.63, 3.8) is 0 Å². The van der Waals surface area contributed by atoms with Crippen molar-refractivity contribution < 1.29 is 24.3 Å². The Kier molecular flexibility index (Phi) is 12.9. The molecule has 1 rings (SSSR count). The molecule has 0 aromatic heterocycles. The number of hydrogen-bond donors (Lipinski definition) is 1. The van der Waals surface area contributed by atoms with Crippen molar-refractivity contribution in [2.45, 2.75) is 19.8 Å². The Balaban J connectivity index is 0. The van der Waals surface area contributed by atoms with E-state index in [1.54, 1.807) is 0 Å². The third-order valence-corrected chi connectivity index (χ3v) is 2.97. The number of aliphatic carboxylic acids is 1. The minimum Gasteiger partial charge on any atom is -0.550 e. The van der Waals surface area contributed by atoms with Crippen LogP contribution in [-0.2, 0) is 4.79 Å². The number of hydrogen-bond acceptors (Lipinski definition) is 4. The average Bonchev–Trinajstić information content (AvgIpc) is 2.38. The minimum absolute atomic E-state index is 0. The van der Waals surface area contributed by atoms with E-state index in [4.69, 9.17) is 15.0 Å². The van der Waals surface area contributed by atoms with Gasteiger partial charge in [-0.3, -0.25) is 4.79 Å². The molecule has 0 saturated heterocycles. The molecule has 22 heavy (non-hydrogen) atoms. The maximum Gasteiger partial charge on any atom is 0.163 e. The van der Waals surface area contributed by atoms with Gasteiger partial charge in [-0.2, -0.15) is 0 Å². The lowest BCUT2D eigenvalue weighted by Crippen LogP contribution is -2.42. The molecule has 6 heteroatoms. The van der Waals surface area contributed by atoms with Crippen molar-refractivity contribution in [1.82, 2.24) is 0 Å². The second kappa shape index (κ2) is 12.3. The molecular formula is C16H26BrNO4. The van der Waals surface area contributed by atoms with Crippen LogP contribution in [0.25, 0.3) is 0 Å². The van der Waals surface area contributed by atoms with Crippen molar-refractivity contribution in [1.29, 1.82) is 0 Å². The predicted octanol–water partition coefficient (Wildman–Crippen LogP) is 1.05. The zero-order chi connectivity index (χ0) is 16.3. The Labute approximate surface area is 142 Å².